The predicted molar refractivity (Wildman–Crippen MR) is 145 cm³/mol. The fourth-order valence-electron chi connectivity index (χ4n) is 4.35. The summed E-state index contributed by atoms with van der Waals surface area (Å²) in [5, 5.41) is 4.17. The summed E-state index contributed by atoms with van der Waals surface area (Å²) in [6, 6.07) is 21.4. The molecule has 1 unspecified atom stereocenters. The molecule has 186 valence electrons. The molecule has 0 saturated carbocycles. The second kappa shape index (κ2) is 11.0. The highest BCUT2D eigenvalue weighted by Gasteiger charge is 2.12. The van der Waals surface area contributed by atoms with Crippen molar-refractivity contribution in [3.05, 3.63) is 72.9 Å². The minimum atomic E-state index is -2.07. The number of nitrogens with zero attached hydrogens (tertiary/aromatic N) is 4. The number of para-hydroxylation sites is 1. The second-order valence-corrected chi connectivity index (χ2v) is 9.77. The predicted octanol–water partition coefficient (Wildman–Crippen LogP) is 5.09. The van der Waals surface area contributed by atoms with E-state index in [0.717, 1.165) is 40.0 Å². The van der Waals surface area contributed by atoms with Crippen LogP contribution in [0.1, 0.15) is 12.8 Å². The SMILES string of the molecule is CN(c1ccc(Nc2ncc3cccc(-c4ccc(OCCN5CCCC5)cc4)c3n2)cc1)S(=O)O. The number of likely N-dealkylation sites (tertiary alicyclic amines) is 1. The molecule has 4 aromatic rings. The van der Waals surface area contributed by atoms with Crippen LogP contribution in [0.2, 0.25) is 0 Å². The Bertz CT molecular complexity index is 1340. The third-order valence-corrected chi connectivity index (χ3v) is 7.05. The number of nitrogens with one attached hydrogen (secondary N) is 1. The van der Waals surface area contributed by atoms with Gasteiger partial charge in [-0.3, -0.25) is 13.8 Å². The summed E-state index contributed by atoms with van der Waals surface area (Å²) in [7, 11) is 1.56. The number of hydrogen-bond donors (Lipinski definition) is 2. The molecule has 8 nitrogen and oxygen atoms in total. The van der Waals surface area contributed by atoms with Crippen molar-refractivity contribution in [3.63, 3.8) is 0 Å². The van der Waals surface area contributed by atoms with Crippen LogP contribution in [0.3, 0.4) is 0 Å². The van der Waals surface area contributed by atoms with E-state index in [-0.39, 0.29) is 0 Å². The largest absolute Gasteiger partial charge is 0.492 e. The van der Waals surface area contributed by atoms with Gasteiger partial charge < -0.3 is 10.1 Å². The number of aromatic nitrogens is 2. The van der Waals surface area contributed by atoms with Crippen molar-refractivity contribution < 1.29 is 13.5 Å². The number of fused-ring (bicyclic) bond motifs is 1. The smallest absolute Gasteiger partial charge is 0.261 e. The number of anilines is 3. The van der Waals surface area contributed by atoms with Gasteiger partial charge in [-0.05, 0) is 67.9 Å². The Morgan fingerprint density at radius 2 is 1.81 bits per heavy atom. The molecule has 3 aromatic carbocycles. The fraction of sp³-hybridized carbons (Fsp3) is 0.259. The Labute approximate surface area is 213 Å². The molecule has 36 heavy (non-hydrogen) atoms. The molecule has 0 radical (unpaired) electrons. The summed E-state index contributed by atoms with van der Waals surface area (Å²) in [6.45, 7) is 4.02. The van der Waals surface area contributed by atoms with E-state index in [2.05, 4.69) is 33.4 Å². The van der Waals surface area contributed by atoms with Crippen molar-refractivity contribution in [3.8, 4) is 16.9 Å². The van der Waals surface area contributed by atoms with Gasteiger partial charge in [0.25, 0.3) is 11.3 Å². The summed E-state index contributed by atoms with van der Waals surface area (Å²) in [5.41, 5.74) is 4.34. The third kappa shape index (κ3) is 5.64. The molecule has 9 heteroatoms. The molecule has 5 rings (SSSR count). The first-order valence-electron chi connectivity index (χ1n) is 12.0. The number of ether oxygens (including phenoxy) is 1. The molecule has 1 atom stereocenters. The first-order valence-corrected chi connectivity index (χ1v) is 13.1. The molecular weight excluding hydrogens is 474 g/mol. The molecule has 0 bridgehead atoms. The lowest BCUT2D eigenvalue weighted by molar-refractivity contribution is 0.238. The van der Waals surface area contributed by atoms with Crippen molar-refractivity contribution in [2.75, 3.05) is 42.9 Å². The van der Waals surface area contributed by atoms with E-state index in [4.69, 9.17) is 9.72 Å². The van der Waals surface area contributed by atoms with Crippen molar-refractivity contribution in [2.45, 2.75) is 12.8 Å². The highest BCUT2D eigenvalue weighted by Crippen LogP contribution is 2.30. The summed E-state index contributed by atoms with van der Waals surface area (Å²) >= 11 is -2.07. The van der Waals surface area contributed by atoms with Crippen LogP contribution in [0, 0.1) is 0 Å². The van der Waals surface area contributed by atoms with E-state index in [9.17, 15) is 8.76 Å². The summed E-state index contributed by atoms with van der Waals surface area (Å²) in [4.78, 5) is 11.7. The van der Waals surface area contributed by atoms with Gasteiger partial charge in [-0.2, -0.15) is 0 Å². The van der Waals surface area contributed by atoms with Crippen molar-refractivity contribution >= 4 is 39.5 Å². The van der Waals surface area contributed by atoms with Gasteiger partial charge in [0.15, 0.2) is 0 Å². The van der Waals surface area contributed by atoms with Crippen molar-refractivity contribution in [2.24, 2.45) is 0 Å². The van der Waals surface area contributed by atoms with E-state index in [1.165, 1.54) is 30.2 Å². The first kappa shape index (κ1) is 24.2. The van der Waals surface area contributed by atoms with Crippen molar-refractivity contribution in [1.29, 1.82) is 0 Å². The molecule has 2 heterocycles. The van der Waals surface area contributed by atoms with Gasteiger partial charge in [-0.1, -0.05) is 30.3 Å². The minimum absolute atomic E-state index is 0.476. The summed E-state index contributed by atoms with van der Waals surface area (Å²) in [5.74, 6) is 1.35. The normalized spacial score (nSPS) is 14.6. The van der Waals surface area contributed by atoms with Crippen LogP contribution in [0.4, 0.5) is 17.3 Å². The first-order chi connectivity index (χ1) is 17.6. The lowest BCUT2D eigenvalue weighted by atomic mass is 10.0. The molecule has 1 aliphatic heterocycles. The Morgan fingerprint density at radius 1 is 1.06 bits per heavy atom. The quantitative estimate of drug-likeness (QED) is 0.308. The van der Waals surface area contributed by atoms with Crippen LogP contribution in [0.15, 0.2) is 72.9 Å². The average Bonchev–Trinajstić information content (AvgIpc) is 3.42. The number of hydrogen-bond acceptors (Lipinski definition) is 6. The van der Waals surface area contributed by atoms with Crippen LogP contribution in [0.5, 0.6) is 5.75 Å². The molecule has 2 N–H and O–H groups in total. The van der Waals surface area contributed by atoms with Crippen LogP contribution in [-0.4, -0.2) is 56.9 Å². The van der Waals surface area contributed by atoms with Gasteiger partial charge in [0.05, 0.1) is 11.2 Å². The van der Waals surface area contributed by atoms with E-state index >= 15 is 0 Å². The van der Waals surface area contributed by atoms with E-state index in [1.54, 1.807) is 25.4 Å². The monoisotopic (exact) mass is 503 g/mol. The van der Waals surface area contributed by atoms with Crippen LogP contribution in [0.25, 0.3) is 22.0 Å². The highest BCUT2D eigenvalue weighted by atomic mass is 32.2. The highest BCUT2D eigenvalue weighted by molar-refractivity contribution is 7.80. The van der Waals surface area contributed by atoms with Gasteiger partial charge in [0.2, 0.25) is 5.95 Å². The molecule has 1 aromatic heterocycles. The lowest BCUT2D eigenvalue weighted by Gasteiger charge is -2.15. The fourth-order valence-corrected chi connectivity index (χ4v) is 4.65. The van der Waals surface area contributed by atoms with Crippen molar-refractivity contribution in [1.82, 2.24) is 14.9 Å². The average molecular weight is 504 g/mol. The van der Waals surface area contributed by atoms with Gasteiger partial charge in [0.1, 0.15) is 12.4 Å². The Balaban J connectivity index is 1.31. The molecule has 0 amide bonds. The van der Waals surface area contributed by atoms with Gasteiger partial charge >= 0.3 is 0 Å². The molecular formula is C27H29N5O3S. The summed E-state index contributed by atoms with van der Waals surface area (Å²) < 4.78 is 27.7. The lowest BCUT2D eigenvalue weighted by Crippen LogP contribution is -2.25. The maximum absolute atomic E-state index is 11.3. The Hall–Kier alpha value is -3.53. The van der Waals surface area contributed by atoms with E-state index in [1.807, 2.05) is 36.4 Å². The zero-order chi connectivity index (χ0) is 24.9. The van der Waals surface area contributed by atoms with E-state index in [0.29, 0.717) is 18.2 Å². The molecule has 0 aliphatic carbocycles. The zero-order valence-corrected chi connectivity index (χ0v) is 20.9. The minimum Gasteiger partial charge on any atom is -0.492 e. The molecule has 1 fully saturated rings. The number of rotatable bonds is 9. The van der Waals surface area contributed by atoms with Gasteiger partial charge in [-0.15, -0.1) is 0 Å². The standard InChI is InChI=1S/C27H29N5O3S/c1-31(36(33)34)23-11-9-22(10-12-23)29-27-28-19-21-5-4-6-25(26(21)30-27)20-7-13-24(14-8-20)35-18-17-32-15-2-3-16-32/h4-14,19H,2-3,15-18H2,1H3,(H,33,34)(H,28,29,30). The second-order valence-electron chi connectivity index (χ2n) is 8.76. The molecule has 1 saturated heterocycles. The zero-order valence-electron chi connectivity index (χ0n) is 20.1. The van der Waals surface area contributed by atoms with Gasteiger partial charge in [0, 0.05) is 36.4 Å². The van der Waals surface area contributed by atoms with Gasteiger partial charge in [-0.25, -0.2) is 14.2 Å². The molecule has 1 aliphatic rings. The topological polar surface area (TPSA) is 90.8 Å². The maximum Gasteiger partial charge on any atom is 0.261 e. The number of benzene rings is 3. The summed E-state index contributed by atoms with van der Waals surface area (Å²) in [6.07, 6.45) is 4.39. The Kier molecular flexibility index (Phi) is 7.41. The van der Waals surface area contributed by atoms with Crippen LogP contribution in [-0.2, 0) is 11.3 Å². The molecule has 0 spiro atoms. The van der Waals surface area contributed by atoms with Crippen LogP contribution >= 0.6 is 0 Å². The van der Waals surface area contributed by atoms with E-state index < -0.39 is 11.3 Å². The third-order valence-electron chi connectivity index (χ3n) is 6.37. The Morgan fingerprint density at radius 3 is 2.53 bits per heavy atom. The van der Waals surface area contributed by atoms with Crippen LogP contribution < -0.4 is 14.4 Å². The maximum atomic E-state index is 11.3.